The summed E-state index contributed by atoms with van der Waals surface area (Å²) in [5, 5.41) is 10.7. The molecule has 1 aromatic carbocycles. The Kier molecular flexibility index (Phi) is 7.31. The van der Waals surface area contributed by atoms with Crippen LogP contribution < -0.4 is 20.1 Å². The molecule has 3 rings (SSSR count). The maximum absolute atomic E-state index is 12.6. The molecule has 28 heavy (non-hydrogen) atoms. The summed E-state index contributed by atoms with van der Waals surface area (Å²) in [5.74, 6) is 1.11. The van der Waals surface area contributed by atoms with Gasteiger partial charge in [-0.05, 0) is 50.4 Å². The molecule has 0 saturated carbocycles. The molecule has 1 amide bonds. The van der Waals surface area contributed by atoms with Crippen LogP contribution in [0.4, 0.5) is 5.69 Å². The lowest BCUT2D eigenvalue weighted by Crippen LogP contribution is -2.32. The molecule has 1 fully saturated rings. The number of carbonyl (C=O) groups excluding carboxylic acids is 1. The van der Waals surface area contributed by atoms with Crippen LogP contribution in [0, 0.1) is 0 Å². The summed E-state index contributed by atoms with van der Waals surface area (Å²) >= 11 is 0. The van der Waals surface area contributed by atoms with Gasteiger partial charge in [0.15, 0.2) is 17.2 Å². The number of carbonyl (C=O) groups is 1. The second kappa shape index (κ2) is 10.1. The highest BCUT2D eigenvalue weighted by molar-refractivity contribution is 6.02. The zero-order valence-electron chi connectivity index (χ0n) is 16.7. The standard InChI is InChI=1S/C21H30N4O3/c1-3-12-27-19-8-7-16(14-20(19)28-13-4-2)23-21(26)18-9-11-25(24-18)17-6-5-10-22-15-17/h7-9,11,14,17,22H,3-6,10,12-13,15H2,1-2H3,(H,23,26). The van der Waals surface area contributed by atoms with Gasteiger partial charge >= 0.3 is 0 Å². The van der Waals surface area contributed by atoms with Crippen LogP contribution in [0.15, 0.2) is 30.5 Å². The zero-order valence-corrected chi connectivity index (χ0v) is 16.7. The first-order valence-corrected chi connectivity index (χ1v) is 10.2. The molecule has 1 aliphatic rings. The van der Waals surface area contributed by atoms with Crippen LogP contribution in [0.3, 0.4) is 0 Å². The molecule has 1 aliphatic heterocycles. The van der Waals surface area contributed by atoms with Crippen molar-refractivity contribution in [3.63, 3.8) is 0 Å². The van der Waals surface area contributed by atoms with Crippen molar-refractivity contribution in [3.05, 3.63) is 36.2 Å². The van der Waals surface area contributed by atoms with Crippen molar-refractivity contribution in [2.75, 3.05) is 31.6 Å². The van der Waals surface area contributed by atoms with E-state index in [0.29, 0.717) is 42.1 Å². The van der Waals surface area contributed by atoms with E-state index < -0.39 is 0 Å². The highest BCUT2D eigenvalue weighted by Gasteiger charge is 2.18. The fourth-order valence-corrected chi connectivity index (χ4v) is 3.16. The van der Waals surface area contributed by atoms with E-state index in [1.807, 2.05) is 23.0 Å². The summed E-state index contributed by atoms with van der Waals surface area (Å²) in [6.45, 7) is 7.27. The highest BCUT2D eigenvalue weighted by atomic mass is 16.5. The van der Waals surface area contributed by atoms with Crippen molar-refractivity contribution in [2.45, 2.75) is 45.6 Å². The fraction of sp³-hybridized carbons (Fsp3) is 0.524. The second-order valence-electron chi connectivity index (χ2n) is 6.99. The molecule has 2 aromatic rings. The Bertz CT molecular complexity index is 769. The number of nitrogens with one attached hydrogen (secondary N) is 2. The van der Waals surface area contributed by atoms with E-state index in [1.165, 1.54) is 0 Å². The molecule has 2 heterocycles. The third-order valence-corrected chi connectivity index (χ3v) is 4.61. The normalized spacial score (nSPS) is 16.6. The Morgan fingerprint density at radius 3 is 2.71 bits per heavy atom. The van der Waals surface area contributed by atoms with Crippen molar-refractivity contribution >= 4 is 11.6 Å². The van der Waals surface area contributed by atoms with Gasteiger partial charge in [-0.2, -0.15) is 5.10 Å². The van der Waals surface area contributed by atoms with E-state index in [2.05, 4.69) is 29.6 Å². The molecule has 1 saturated heterocycles. The zero-order chi connectivity index (χ0) is 19.8. The molecule has 7 heteroatoms. The lowest BCUT2D eigenvalue weighted by Gasteiger charge is -2.22. The maximum atomic E-state index is 12.6. The molecule has 1 atom stereocenters. The van der Waals surface area contributed by atoms with Gasteiger partial charge in [-0.25, -0.2) is 0 Å². The van der Waals surface area contributed by atoms with Crippen molar-refractivity contribution in [1.82, 2.24) is 15.1 Å². The molecule has 0 bridgehead atoms. The smallest absolute Gasteiger partial charge is 0.276 e. The number of aromatic nitrogens is 2. The lowest BCUT2D eigenvalue weighted by molar-refractivity contribution is 0.102. The van der Waals surface area contributed by atoms with E-state index in [-0.39, 0.29) is 5.91 Å². The van der Waals surface area contributed by atoms with Crippen molar-refractivity contribution in [2.24, 2.45) is 0 Å². The van der Waals surface area contributed by atoms with Crippen LogP contribution in [0.1, 0.15) is 56.1 Å². The van der Waals surface area contributed by atoms with E-state index in [4.69, 9.17) is 9.47 Å². The quantitative estimate of drug-likeness (QED) is 0.688. The van der Waals surface area contributed by atoms with Gasteiger partial charge in [-0.3, -0.25) is 9.48 Å². The number of nitrogens with zero attached hydrogens (tertiary/aromatic N) is 2. The molecular weight excluding hydrogens is 356 g/mol. The Morgan fingerprint density at radius 2 is 2.00 bits per heavy atom. The molecular formula is C21H30N4O3. The number of anilines is 1. The van der Waals surface area contributed by atoms with Crippen LogP contribution in [-0.2, 0) is 0 Å². The topological polar surface area (TPSA) is 77.4 Å². The third-order valence-electron chi connectivity index (χ3n) is 4.61. The van der Waals surface area contributed by atoms with Gasteiger partial charge in [0, 0.05) is 24.5 Å². The fourth-order valence-electron chi connectivity index (χ4n) is 3.16. The van der Waals surface area contributed by atoms with Crippen LogP contribution in [0.5, 0.6) is 11.5 Å². The average Bonchev–Trinajstić information content (AvgIpc) is 3.22. The van der Waals surface area contributed by atoms with Gasteiger partial charge in [0.1, 0.15) is 0 Å². The van der Waals surface area contributed by atoms with E-state index in [9.17, 15) is 4.79 Å². The summed E-state index contributed by atoms with van der Waals surface area (Å²) in [6.07, 6.45) is 5.90. The predicted molar refractivity (Wildman–Crippen MR) is 109 cm³/mol. The van der Waals surface area contributed by atoms with Gasteiger partial charge < -0.3 is 20.1 Å². The first-order valence-electron chi connectivity index (χ1n) is 10.2. The van der Waals surface area contributed by atoms with E-state index >= 15 is 0 Å². The summed E-state index contributed by atoms with van der Waals surface area (Å²) < 4.78 is 13.4. The molecule has 2 N–H and O–H groups in total. The van der Waals surface area contributed by atoms with Crippen LogP contribution in [-0.4, -0.2) is 42.0 Å². The largest absolute Gasteiger partial charge is 0.490 e. The van der Waals surface area contributed by atoms with Crippen LogP contribution in [0.25, 0.3) is 0 Å². The summed E-state index contributed by atoms with van der Waals surface area (Å²) in [6, 6.07) is 7.53. The summed E-state index contributed by atoms with van der Waals surface area (Å²) in [4.78, 5) is 12.6. The minimum atomic E-state index is -0.230. The summed E-state index contributed by atoms with van der Waals surface area (Å²) in [7, 11) is 0. The maximum Gasteiger partial charge on any atom is 0.276 e. The first-order chi connectivity index (χ1) is 13.7. The molecule has 1 unspecified atom stereocenters. The number of rotatable bonds is 9. The van der Waals surface area contributed by atoms with Gasteiger partial charge in [0.05, 0.1) is 19.3 Å². The van der Waals surface area contributed by atoms with Crippen LogP contribution >= 0.6 is 0 Å². The van der Waals surface area contributed by atoms with E-state index in [0.717, 1.165) is 38.8 Å². The van der Waals surface area contributed by atoms with Crippen molar-refractivity contribution in [3.8, 4) is 11.5 Å². The molecule has 0 radical (unpaired) electrons. The number of hydrogen-bond donors (Lipinski definition) is 2. The van der Waals surface area contributed by atoms with Gasteiger partial charge in [-0.15, -0.1) is 0 Å². The highest BCUT2D eigenvalue weighted by Crippen LogP contribution is 2.31. The van der Waals surface area contributed by atoms with Gasteiger partial charge in [0.2, 0.25) is 0 Å². The van der Waals surface area contributed by atoms with E-state index in [1.54, 1.807) is 12.1 Å². The molecule has 152 valence electrons. The average molecular weight is 386 g/mol. The minimum Gasteiger partial charge on any atom is -0.490 e. The Hall–Kier alpha value is -2.54. The molecule has 7 nitrogen and oxygen atoms in total. The van der Waals surface area contributed by atoms with Crippen molar-refractivity contribution < 1.29 is 14.3 Å². The number of piperidine rings is 1. The summed E-state index contributed by atoms with van der Waals surface area (Å²) in [5.41, 5.74) is 1.07. The lowest BCUT2D eigenvalue weighted by atomic mass is 10.1. The number of hydrogen-bond acceptors (Lipinski definition) is 5. The number of amides is 1. The Morgan fingerprint density at radius 1 is 1.21 bits per heavy atom. The van der Waals surface area contributed by atoms with Crippen molar-refractivity contribution in [1.29, 1.82) is 0 Å². The SMILES string of the molecule is CCCOc1ccc(NC(=O)c2ccn(C3CCCNC3)n2)cc1OCCC. The molecule has 0 aliphatic carbocycles. The second-order valence-corrected chi connectivity index (χ2v) is 6.99. The molecule has 1 aromatic heterocycles. The van der Waals surface area contributed by atoms with Gasteiger partial charge in [-0.1, -0.05) is 13.8 Å². The first kappa shape index (κ1) is 20.2. The monoisotopic (exact) mass is 386 g/mol. The number of benzene rings is 1. The third kappa shape index (κ3) is 5.25. The van der Waals surface area contributed by atoms with Crippen LogP contribution in [0.2, 0.25) is 0 Å². The number of ether oxygens (including phenoxy) is 2. The minimum absolute atomic E-state index is 0.230. The predicted octanol–water partition coefficient (Wildman–Crippen LogP) is 3.64. The Balaban J connectivity index is 1.68. The van der Waals surface area contributed by atoms with Gasteiger partial charge in [0.25, 0.3) is 5.91 Å². The Labute approximate surface area is 166 Å². The molecule has 0 spiro atoms.